The third-order valence-corrected chi connectivity index (χ3v) is 3.30. The molecule has 1 atom stereocenters. The summed E-state index contributed by atoms with van der Waals surface area (Å²) in [7, 11) is -2.96. The molecule has 0 amide bonds. The first-order chi connectivity index (χ1) is 5.55. The maximum atomic E-state index is 11.1. The van der Waals surface area contributed by atoms with Gasteiger partial charge in [-0.1, -0.05) is 6.92 Å². The van der Waals surface area contributed by atoms with E-state index in [1.54, 1.807) is 6.92 Å². The Labute approximate surface area is 74.0 Å². The van der Waals surface area contributed by atoms with Gasteiger partial charge in [0.15, 0.2) is 9.84 Å². The zero-order valence-electron chi connectivity index (χ0n) is 7.62. The Hall–Kier alpha value is -0.130. The SMILES string of the molecule is CCOC(CN)CS(=O)(=O)CC. The third-order valence-electron chi connectivity index (χ3n) is 1.54. The van der Waals surface area contributed by atoms with Crippen LogP contribution in [0.1, 0.15) is 13.8 Å². The first-order valence-corrected chi connectivity index (χ1v) is 5.90. The second-order valence-electron chi connectivity index (χ2n) is 2.51. The van der Waals surface area contributed by atoms with Crippen LogP contribution in [0.15, 0.2) is 0 Å². The molecule has 0 fully saturated rings. The van der Waals surface area contributed by atoms with E-state index in [0.717, 1.165) is 0 Å². The number of hydrogen-bond acceptors (Lipinski definition) is 4. The van der Waals surface area contributed by atoms with Crippen LogP contribution in [-0.2, 0) is 14.6 Å². The highest BCUT2D eigenvalue weighted by atomic mass is 32.2. The predicted molar refractivity (Wildman–Crippen MR) is 48.8 cm³/mol. The van der Waals surface area contributed by atoms with Gasteiger partial charge in [0, 0.05) is 18.9 Å². The lowest BCUT2D eigenvalue weighted by atomic mass is 10.4. The molecule has 0 aliphatic rings. The number of hydrogen-bond donors (Lipinski definition) is 1. The summed E-state index contributed by atoms with van der Waals surface area (Å²) in [4.78, 5) is 0. The van der Waals surface area contributed by atoms with Gasteiger partial charge in [-0.3, -0.25) is 0 Å². The molecule has 0 radical (unpaired) electrons. The second kappa shape index (κ2) is 5.50. The molecule has 0 aliphatic heterocycles. The van der Waals surface area contributed by atoms with Gasteiger partial charge in [-0.2, -0.15) is 0 Å². The molecule has 0 aromatic carbocycles. The standard InChI is InChI=1S/C7H17NO3S/c1-3-11-7(5-8)6-12(9,10)4-2/h7H,3-6,8H2,1-2H3. The third kappa shape index (κ3) is 4.69. The minimum Gasteiger partial charge on any atom is -0.376 e. The molecule has 74 valence electrons. The van der Waals surface area contributed by atoms with E-state index in [4.69, 9.17) is 10.5 Å². The van der Waals surface area contributed by atoms with E-state index in [9.17, 15) is 8.42 Å². The summed E-state index contributed by atoms with van der Waals surface area (Å²) in [5.74, 6) is 0.185. The fourth-order valence-corrected chi connectivity index (χ4v) is 1.86. The Morgan fingerprint density at radius 2 is 2.00 bits per heavy atom. The van der Waals surface area contributed by atoms with Crippen molar-refractivity contribution >= 4 is 9.84 Å². The molecule has 0 aliphatic carbocycles. The van der Waals surface area contributed by atoms with Gasteiger partial charge in [0.1, 0.15) is 0 Å². The average molecular weight is 195 g/mol. The van der Waals surface area contributed by atoms with Crippen LogP contribution in [0, 0.1) is 0 Å². The van der Waals surface area contributed by atoms with Crippen molar-refractivity contribution in [3.05, 3.63) is 0 Å². The van der Waals surface area contributed by atoms with Crippen molar-refractivity contribution in [1.29, 1.82) is 0 Å². The molecular formula is C7H17NO3S. The minimum absolute atomic E-state index is 0.0356. The van der Waals surface area contributed by atoms with Gasteiger partial charge in [-0.15, -0.1) is 0 Å². The van der Waals surface area contributed by atoms with Gasteiger partial charge in [0.05, 0.1) is 11.9 Å². The highest BCUT2D eigenvalue weighted by molar-refractivity contribution is 7.91. The van der Waals surface area contributed by atoms with Crippen LogP contribution in [0.3, 0.4) is 0 Å². The summed E-state index contributed by atoms with van der Waals surface area (Å²) in [6.45, 7) is 4.20. The fourth-order valence-electron chi connectivity index (χ4n) is 0.821. The van der Waals surface area contributed by atoms with Gasteiger partial charge < -0.3 is 10.5 Å². The summed E-state index contributed by atoms with van der Waals surface area (Å²) in [6.07, 6.45) is -0.347. The summed E-state index contributed by atoms with van der Waals surface area (Å²) in [5, 5.41) is 0. The van der Waals surface area contributed by atoms with Gasteiger partial charge >= 0.3 is 0 Å². The lowest BCUT2D eigenvalue weighted by molar-refractivity contribution is 0.0846. The second-order valence-corrected chi connectivity index (χ2v) is 4.91. The summed E-state index contributed by atoms with van der Waals surface area (Å²) < 4.78 is 27.3. The molecule has 0 aromatic rings. The molecule has 0 aromatic heterocycles. The molecule has 12 heavy (non-hydrogen) atoms. The van der Waals surface area contributed by atoms with Gasteiger partial charge in [-0.05, 0) is 6.92 Å². The van der Waals surface area contributed by atoms with E-state index in [2.05, 4.69) is 0 Å². The first-order valence-electron chi connectivity index (χ1n) is 4.07. The lowest BCUT2D eigenvalue weighted by Gasteiger charge is -2.13. The van der Waals surface area contributed by atoms with E-state index in [1.165, 1.54) is 0 Å². The number of rotatable bonds is 6. The van der Waals surface area contributed by atoms with Crippen molar-refractivity contribution in [2.75, 3.05) is 24.7 Å². The van der Waals surface area contributed by atoms with Crippen LogP contribution in [0.5, 0.6) is 0 Å². The number of sulfone groups is 1. The van der Waals surface area contributed by atoms with Crippen LogP contribution in [-0.4, -0.2) is 39.2 Å². The van der Waals surface area contributed by atoms with Crippen LogP contribution in [0.2, 0.25) is 0 Å². The summed E-state index contributed by atoms with van der Waals surface area (Å²) in [6, 6.07) is 0. The Morgan fingerprint density at radius 3 is 2.33 bits per heavy atom. The van der Waals surface area contributed by atoms with Crippen molar-refractivity contribution in [2.45, 2.75) is 20.0 Å². The smallest absolute Gasteiger partial charge is 0.152 e. The van der Waals surface area contributed by atoms with E-state index in [-0.39, 0.29) is 24.2 Å². The van der Waals surface area contributed by atoms with Crippen LogP contribution in [0.4, 0.5) is 0 Å². The van der Waals surface area contributed by atoms with Crippen molar-refractivity contribution in [2.24, 2.45) is 5.73 Å². The molecule has 0 heterocycles. The van der Waals surface area contributed by atoms with Gasteiger partial charge in [0.25, 0.3) is 0 Å². The Kier molecular flexibility index (Phi) is 5.44. The molecular weight excluding hydrogens is 178 g/mol. The first kappa shape index (κ1) is 11.9. The van der Waals surface area contributed by atoms with E-state index in [1.807, 2.05) is 6.92 Å². The minimum atomic E-state index is -2.96. The van der Waals surface area contributed by atoms with Crippen molar-refractivity contribution in [3.8, 4) is 0 Å². The molecule has 0 bridgehead atoms. The molecule has 2 N–H and O–H groups in total. The van der Waals surface area contributed by atoms with Crippen molar-refractivity contribution < 1.29 is 13.2 Å². The van der Waals surface area contributed by atoms with Crippen LogP contribution < -0.4 is 5.73 Å². The quantitative estimate of drug-likeness (QED) is 0.636. The monoisotopic (exact) mass is 195 g/mol. The van der Waals surface area contributed by atoms with Gasteiger partial charge in [0.2, 0.25) is 0 Å². The van der Waals surface area contributed by atoms with Crippen molar-refractivity contribution in [3.63, 3.8) is 0 Å². The van der Waals surface area contributed by atoms with Crippen LogP contribution in [0.25, 0.3) is 0 Å². The topological polar surface area (TPSA) is 69.4 Å². The average Bonchev–Trinajstić information content (AvgIpc) is 2.03. The highest BCUT2D eigenvalue weighted by Gasteiger charge is 2.15. The number of ether oxygens (including phenoxy) is 1. The summed E-state index contributed by atoms with van der Waals surface area (Å²) in [5.41, 5.74) is 5.33. The Morgan fingerprint density at radius 1 is 1.42 bits per heavy atom. The Balaban J connectivity index is 4.02. The fraction of sp³-hybridized carbons (Fsp3) is 1.00. The summed E-state index contributed by atoms with van der Waals surface area (Å²) >= 11 is 0. The Bertz CT molecular complexity index is 201. The van der Waals surface area contributed by atoms with Gasteiger partial charge in [-0.25, -0.2) is 8.42 Å². The molecule has 0 rings (SSSR count). The van der Waals surface area contributed by atoms with Crippen molar-refractivity contribution in [1.82, 2.24) is 0 Å². The molecule has 0 spiro atoms. The maximum Gasteiger partial charge on any atom is 0.152 e. The predicted octanol–water partition coefficient (Wildman–Crippen LogP) is -0.215. The van der Waals surface area contributed by atoms with Crippen LogP contribution >= 0.6 is 0 Å². The zero-order valence-corrected chi connectivity index (χ0v) is 8.43. The zero-order chi connectivity index (χ0) is 9.61. The molecule has 0 saturated heterocycles. The van der Waals surface area contributed by atoms with E-state index >= 15 is 0 Å². The van der Waals surface area contributed by atoms with E-state index < -0.39 is 9.84 Å². The lowest BCUT2D eigenvalue weighted by Crippen LogP contribution is -2.32. The highest BCUT2D eigenvalue weighted by Crippen LogP contribution is 1.97. The molecule has 4 nitrogen and oxygen atoms in total. The largest absolute Gasteiger partial charge is 0.376 e. The molecule has 5 heteroatoms. The maximum absolute atomic E-state index is 11.1. The number of nitrogens with two attached hydrogens (primary N) is 1. The molecule has 0 saturated carbocycles. The normalized spacial score (nSPS) is 14.6. The molecule has 1 unspecified atom stereocenters. The van der Waals surface area contributed by atoms with E-state index in [0.29, 0.717) is 6.61 Å².